The summed E-state index contributed by atoms with van der Waals surface area (Å²) in [7, 11) is 5.56. The lowest BCUT2D eigenvalue weighted by atomic mass is 10.3. The van der Waals surface area contributed by atoms with E-state index in [1.54, 1.807) is 30.8 Å². The van der Waals surface area contributed by atoms with E-state index in [1.807, 2.05) is 27.1 Å². The minimum absolute atomic E-state index is 0.0282. The molecule has 1 N–H and O–H groups in total. The van der Waals surface area contributed by atoms with Crippen molar-refractivity contribution in [1.29, 1.82) is 0 Å². The third kappa shape index (κ3) is 6.10. The number of hydrogen-bond donors (Lipinski definition) is 1. The Morgan fingerprint density at radius 2 is 2.03 bits per heavy atom. The number of rotatable bonds is 8. The Morgan fingerprint density at radius 3 is 2.70 bits per heavy atom. The molecule has 0 radical (unpaired) electrons. The summed E-state index contributed by atoms with van der Waals surface area (Å²) in [6.07, 6.45) is 3.62. The largest absolute Gasteiger partial charge is 0.375 e. The van der Waals surface area contributed by atoms with Crippen molar-refractivity contribution in [3.63, 3.8) is 0 Å². The standard InChI is InChI=1S/C20H32N8OS/c1-16(29-4)18-25-17(15-30-18)14-26(3)19(21-2)24-8-9-27-10-12-28(13-11-27)20-22-6-5-7-23-20/h5-7,15-16H,8-14H2,1-4H3,(H,21,24). The van der Waals surface area contributed by atoms with Crippen LogP contribution in [0, 0.1) is 0 Å². The maximum Gasteiger partial charge on any atom is 0.225 e. The molecule has 0 amide bonds. The zero-order chi connectivity index (χ0) is 21.3. The molecule has 0 aromatic carbocycles. The number of nitrogens with zero attached hydrogens (tertiary/aromatic N) is 7. The molecule has 0 saturated carbocycles. The molecule has 2 aromatic rings. The highest BCUT2D eigenvalue weighted by molar-refractivity contribution is 7.09. The molecule has 164 valence electrons. The highest BCUT2D eigenvalue weighted by Crippen LogP contribution is 2.20. The van der Waals surface area contributed by atoms with Gasteiger partial charge in [0.05, 0.1) is 12.2 Å². The number of methoxy groups -OCH3 is 1. The van der Waals surface area contributed by atoms with Crippen molar-refractivity contribution < 1.29 is 4.74 Å². The van der Waals surface area contributed by atoms with E-state index in [0.717, 1.165) is 61.9 Å². The summed E-state index contributed by atoms with van der Waals surface area (Å²) in [6, 6.07) is 1.85. The van der Waals surface area contributed by atoms with Gasteiger partial charge in [0, 0.05) is 78.2 Å². The van der Waals surface area contributed by atoms with E-state index in [-0.39, 0.29) is 6.10 Å². The van der Waals surface area contributed by atoms with Gasteiger partial charge in [0.25, 0.3) is 0 Å². The summed E-state index contributed by atoms with van der Waals surface area (Å²) in [5, 5.41) is 6.56. The van der Waals surface area contributed by atoms with Crippen LogP contribution < -0.4 is 10.2 Å². The number of anilines is 1. The third-order valence-electron chi connectivity index (χ3n) is 5.16. The Kier molecular flexibility index (Phi) is 8.35. The van der Waals surface area contributed by atoms with Crippen molar-refractivity contribution in [2.24, 2.45) is 4.99 Å². The first-order valence-electron chi connectivity index (χ1n) is 10.2. The van der Waals surface area contributed by atoms with Crippen molar-refractivity contribution in [2.45, 2.75) is 19.6 Å². The lowest BCUT2D eigenvalue weighted by Crippen LogP contribution is -2.49. The first-order chi connectivity index (χ1) is 14.6. The van der Waals surface area contributed by atoms with E-state index in [0.29, 0.717) is 6.54 Å². The molecule has 0 spiro atoms. The van der Waals surface area contributed by atoms with E-state index in [1.165, 1.54) is 0 Å². The maximum atomic E-state index is 5.35. The Hall–Kier alpha value is -2.30. The van der Waals surface area contributed by atoms with Gasteiger partial charge in [-0.2, -0.15) is 0 Å². The maximum absolute atomic E-state index is 5.35. The molecule has 30 heavy (non-hydrogen) atoms. The van der Waals surface area contributed by atoms with Gasteiger partial charge in [0.1, 0.15) is 11.1 Å². The summed E-state index contributed by atoms with van der Waals surface area (Å²) in [5.74, 6) is 1.70. The highest BCUT2D eigenvalue weighted by Gasteiger charge is 2.18. The predicted molar refractivity (Wildman–Crippen MR) is 121 cm³/mol. The van der Waals surface area contributed by atoms with Gasteiger partial charge >= 0.3 is 0 Å². The van der Waals surface area contributed by atoms with Crippen LogP contribution >= 0.6 is 11.3 Å². The lowest BCUT2D eigenvalue weighted by molar-refractivity contribution is 0.119. The average molecular weight is 433 g/mol. The van der Waals surface area contributed by atoms with E-state index < -0.39 is 0 Å². The van der Waals surface area contributed by atoms with Crippen LogP contribution in [-0.4, -0.2) is 91.2 Å². The second-order valence-electron chi connectivity index (χ2n) is 7.26. The number of guanidine groups is 1. The minimum Gasteiger partial charge on any atom is -0.375 e. The summed E-state index contributed by atoms with van der Waals surface area (Å²) < 4.78 is 5.35. The Balaban J connectivity index is 1.40. The normalized spacial score (nSPS) is 16.5. The van der Waals surface area contributed by atoms with Crippen LogP contribution in [0.1, 0.15) is 23.7 Å². The van der Waals surface area contributed by atoms with Crippen molar-refractivity contribution in [2.75, 3.05) is 65.4 Å². The van der Waals surface area contributed by atoms with E-state index in [2.05, 4.69) is 45.3 Å². The zero-order valence-corrected chi connectivity index (χ0v) is 19.1. The molecular weight excluding hydrogens is 400 g/mol. The van der Waals surface area contributed by atoms with Gasteiger partial charge in [-0.1, -0.05) is 0 Å². The second kappa shape index (κ2) is 11.2. The molecule has 9 nitrogen and oxygen atoms in total. The molecule has 1 saturated heterocycles. The fourth-order valence-corrected chi connectivity index (χ4v) is 4.18. The molecule has 1 fully saturated rings. The SMILES string of the molecule is CN=C(NCCN1CCN(c2ncccn2)CC1)N(C)Cc1csc(C(C)OC)n1. The van der Waals surface area contributed by atoms with Crippen LogP contribution in [0.5, 0.6) is 0 Å². The summed E-state index contributed by atoms with van der Waals surface area (Å²) in [4.78, 5) is 24.6. The topological polar surface area (TPSA) is 82.0 Å². The van der Waals surface area contributed by atoms with Gasteiger partial charge in [-0.15, -0.1) is 11.3 Å². The molecule has 3 rings (SSSR count). The fraction of sp³-hybridized carbons (Fsp3) is 0.600. The van der Waals surface area contributed by atoms with E-state index >= 15 is 0 Å². The predicted octanol–water partition coefficient (Wildman–Crippen LogP) is 1.47. The molecule has 0 bridgehead atoms. The number of aromatic nitrogens is 3. The highest BCUT2D eigenvalue weighted by atomic mass is 32.1. The number of piperazine rings is 1. The molecular formula is C20H32N8OS. The molecule has 1 unspecified atom stereocenters. The van der Waals surface area contributed by atoms with Gasteiger partial charge in [-0.3, -0.25) is 9.89 Å². The van der Waals surface area contributed by atoms with Crippen LogP contribution in [0.25, 0.3) is 0 Å². The van der Waals surface area contributed by atoms with Crippen LogP contribution in [0.15, 0.2) is 28.8 Å². The van der Waals surface area contributed by atoms with Gasteiger partial charge in [0.15, 0.2) is 5.96 Å². The molecule has 3 heterocycles. The zero-order valence-electron chi connectivity index (χ0n) is 18.3. The first-order valence-corrected chi connectivity index (χ1v) is 11.1. The molecule has 1 aliphatic heterocycles. The smallest absolute Gasteiger partial charge is 0.225 e. The molecule has 2 aromatic heterocycles. The Morgan fingerprint density at radius 1 is 1.30 bits per heavy atom. The third-order valence-corrected chi connectivity index (χ3v) is 6.22. The van der Waals surface area contributed by atoms with Crippen LogP contribution in [0.3, 0.4) is 0 Å². The Labute approximate surface area is 182 Å². The first kappa shape index (κ1) is 22.4. The minimum atomic E-state index is 0.0282. The van der Waals surface area contributed by atoms with Gasteiger partial charge < -0.3 is 19.9 Å². The van der Waals surface area contributed by atoms with Crippen LogP contribution in [0.4, 0.5) is 5.95 Å². The molecule has 0 aliphatic carbocycles. The molecule has 1 atom stereocenters. The van der Waals surface area contributed by atoms with E-state index in [4.69, 9.17) is 4.74 Å². The van der Waals surface area contributed by atoms with Gasteiger partial charge in [-0.25, -0.2) is 15.0 Å². The average Bonchev–Trinajstić information content (AvgIpc) is 3.25. The van der Waals surface area contributed by atoms with Gasteiger partial charge in [0.2, 0.25) is 5.95 Å². The summed E-state index contributed by atoms with van der Waals surface area (Å²) >= 11 is 1.64. The number of thiazole rings is 1. The fourth-order valence-electron chi connectivity index (χ4n) is 3.34. The Bertz CT molecular complexity index is 791. The monoisotopic (exact) mass is 432 g/mol. The van der Waals surface area contributed by atoms with Crippen molar-refractivity contribution >= 4 is 23.2 Å². The summed E-state index contributed by atoms with van der Waals surface area (Å²) in [5.41, 5.74) is 1.03. The number of nitrogens with one attached hydrogen (secondary N) is 1. The van der Waals surface area contributed by atoms with Crippen molar-refractivity contribution in [3.05, 3.63) is 34.5 Å². The molecule has 10 heteroatoms. The van der Waals surface area contributed by atoms with Crippen LogP contribution in [0.2, 0.25) is 0 Å². The van der Waals surface area contributed by atoms with E-state index in [9.17, 15) is 0 Å². The molecule has 1 aliphatic rings. The number of aliphatic imine (C=N–C) groups is 1. The summed E-state index contributed by atoms with van der Waals surface area (Å²) in [6.45, 7) is 8.46. The van der Waals surface area contributed by atoms with Crippen molar-refractivity contribution in [3.8, 4) is 0 Å². The van der Waals surface area contributed by atoms with Crippen LogP contribution in [-0.2, 0) is 11.3 Å². The number of ether oxygens (including phenoxy) is 1. The lowest BCUT2D eigenvalue weighted by Gasteiger charge is -2.34. The van der Waals surface area contributed by atoms with Crippen molar-refractivity contribution in [1.82, 2.24) is 30.1 Å². The second-order valence-corrected chi connectivity index (χ2v) is 8.15. The van der Waals surface area contributed by atoms with Gasteiger partial charge in [-0.05, 0) is 13.0 Å². The quantitative estimate of drug-likeness (QED) is 0.496. The number of hydrogen-bond acceptors (Lipinski definition) is 8.